The van der Waals surface area contributed by atoms with E-state index in [1.807, 2.05) is 25.3 Å². The van der Waals surface area contributed by atoms with Gasteiger partial charge in [0.1, 0.15) is 0 Å². The van der Waals surface area contributed by atoms with Crippen molar-refractivity contribution in [2.24, 2.45) is 5.92 Å². The minimum absolute atomic E-state index is 0.0138. The van der Waals surface area contributed by atoms with Gasteiger partial charge in [-0.2, -0.15) is 0 Å². The molecule has 2 aliphatic carbocycles. The zero-order valence-electron chi connectivity index (χ0n) is 17.4. The summed E-state index contributed by atoms with van der Waals surface area (Å²) in [5, 5.41) is 24.6. The number of ether oxygens (including phenoxy) is 1. The Morgan fingerprint density at radius 3 is 2.77 bits per heavy atom. The molecule has 2 aromatic rings. The van der Waals surface area contributed by atoms with Gasteiger partial charge in [-0.05, 0) is 56.1 Å². The van der Waals surface area contributed by atoms with Gasteiger partial charge in [0.15, 0.2) is 23.0 Å². The molecule has 2 aliphatic rings. The quantitative estimate of drug-likeness (QED) is 0.623. The van der Waals surface area contributed by atoms with E-state index in [0.717, 1.165) is 16.9 Å². The van der Waals surface area contributed by atoms with Crippen molar-refractivity contribution in [2.75, 3.05) is 20.7 Å². The van der Waals surface area contributed by atoms with Crippen LogP contribution in [0.3, 0.4) is 0 Å². The summed E-state index contributed by atoms with van der Waals surface area (Å²) >= 11 is 1.75. The van der Waals surface area contributed by atoms with E-state index < -0.39 is 5.41 Å². The zero-order valence-corrected chi connectivity index (χ0v) is 18.3. The molecule has 0 amide bonds. The number of fused-ring (bicyclic) bond motifs is 3. The van der Waals surface area contributed by atoms with Crippen molar-refractivity contribution in [1.29, 1.82) is 0 Å². The van der Waals surface area contributed by atoms with Crippen LogP contribution in [-0.4, -0.2) is 36.7 Å². The number of phenolic OH excluding ortho intramolecular Hbond substituents is 2. The van der Waals surface area contributed by atoms with Crippen LogP contribution in [0.1, 0.15) is 34.8 Å². The number of carbonyl (C=O) groups is 1. The van der Waals surface area contributed by atoms with E-state index >= 15 is 0 Å². The standard InChI is InChI=1S/C24H27NO4S/c1-14-5-4-6-16(9-14)30-21-11-15-10-20(29-3)19(27)12-24(15,13-25-2)22-17(21)7-8-18(26)23(22)28/h4-10,15,21,25-26,28H,11-13H2,1-3H3/t15-,21+,24+/m1/s1. The number of benzene rings is 2. The number of phenols is 2. The summed E-state index contributed by atoms with van der Waals surface area (Å²) in [6.45, 7) is 2.59. The number of aryl methyl sites for hydroxylation is 1. The summed E-state index contributed by atoms with van der Waals surface area (Å²) in [5.41, 5.74) is 2.22. The molecular formula is C24H27NO4S. The molecular weight excluding hydrogens is 398 g/mol. The number of allylic oxidation sites excluding steroid dienone is 2. The molecule has 0 saturated heterocycles. The van der Waals surface area contributed by atoms with E-state index in [1.165, 1.54) is 12.7 Å². The lowest BCUT2D eigenvalue weighted by Gasteiger charge is -2.48. The number of likely N-dealkylation sites (N-methyl/N-ethyl adjacent to an activating group) is 1. The normalized spacial score (nSPS) is 25.3. The fourth-order valence-corrected chi connectivity index (χ4v) is 6.36. The molecule has 3 N–H and O–H groups in total. The van der Waals surface area contributed by atoms with Crippen LogP contribution >= 0.6 is 11.8 Å². The van der Waals surface area contributed by atoms with Crippen molar-refractivity contribution < 1.29 is 19.7 Å². The third-order valence-corrected chi connectivity index (χ3v) is 7.55. The Balaban J connectivity index is 1.88. The van der Waals surface area contributed by atoms with Gasteiger partial charge in [-0.1, -0.05) is 23.8 Å². The van der Waals surface area contributed by atoms with E-state index in [4.69, 9.17) is 4.74 Å². The van der Waals surface area contributed by atoms with Crippen molar-refractivity contribution >= 4 is 17.5 Å². The second-order valence-corrected chi connectivity index (χ2v) is 9.46. The summed E-state index contributed by atoms with van der Waals surface area (Å²) in [5.74, 6) is 0.0132. The average molecular weight is 426 g/mol. The van der Waals surface area contributed by atoms with Gasteiger partial charge in [0.2, 0.25) is 0 Å². The summed E-state index contributed by atoms with van der Waals surface area (Å²) in [6, 6.07) is 11.8. The van der Waals surface area contributed by atoms with Gasteiger partial charge in [-0.15, -0.1) is 11.8 Å². The predicted octanol–water partition coefficient (Wildman–Crippen LogP) is 4.22. The smallest absolute Gasteiger partial charge is 0.197 e. The van der Waals surface area contributed by atoms with Crippen LogP contribution in [0.2, 0.25) is 0 Å². The van der Waals surface area contributed by atoms with Crippen LogP contribution < -0.4 is 5.32 Å². The molecule has 2 aromatic carbocycles. The maximum atomic E-state index is 12.8. The first-order valence-electron chi connectivity index (χ1n) is 10.1. The van der Waals surface area contributed by atoms with Crippen molar-refractivity contribution in [3.05, 3.63) is 64.9 Å². The lowest BCUT2D eigenvalue weighted by Crippen LogP contribution is -2.50. The van der Waals surface area contributed by atoms with Crippen molar-refractivity contribution in [3.63, 3.8) is 0 Å². The first-order valence-corrected chi connectivity index (χ1v) is 11.0. The second-order valence-electron chi connectivity index (χ2n) is 8.18. The van der Waals surface area contributed by atoms with Gasteiger partial charge in [-0.3, -0.25) is 4.79 Å². The highest BCUT2D eigenvalue weighted by atomic mass is 32.2. The molecule has 0 spiro atoms. The number of Topliss-reactive ketones (excluding diaryl/α,β-unsaturated/α-hetero) is 1. The Hall–Kier alpha value is -2.44. The first kappa shape index (κ1) is 20.8. The molecule has 0 aliphatic heterocycles. The Bertz CT molecular complexity index is 1020. The Labute approximate surface area is 181 Å². The Morgan fingerprint density at radius 2 is 2.07 bits per heavy atom. The van der Waals surface area contributed by atoms with Gasteiger partial charge < -0.3 is 20.3 Å². The lowest BCUT2D eigenvalue weighted by atomic mass is 9.58. The highest BCUT2D eigenvalue weighted by Crippen LogP contribution is 2.59. The summed E-state index contributed by atoms with van der Waals surface area (Å²) < 4.78 is 5.36. The van der Waals surface area contributed by atoms with Crippen LogP contribution in [-0.2, 0) is 14.9 Å². The summed E-state index contributed by atoms with van der Waals surface area (Å²) in [4.78, 5) is 14.0. The predicted molar refractivity (Wildman–Crippen MR) is 118 cm³/mol. The fraction of sp³-hybridized carbons (Fsp3) is 0.375. The Morgan fingerprint density at radius 1 is 1.27 bits per heavy atom. The third kappa shape index (κ3) is 3.38. The number of ketones is 1. The molecule has 0 saturated carbocycles. The molecule has 158 valence electrons. The number of hydrogen-bond acceptors (Lipinski definition) is 6. The molecule has 0 bridgehead atoms. The number of aromatic hydroxyl groups is 2. The van der Waals surface area contributed by atoms with Gasteiger partial charge >= 0.3 is 0 Å². The average Bonchev–Trinajstić information content (AvgIpc) is 2.71. The largest absolute Gasteiger partial charge is 0.504 e. The zero-order chi connectivity index (χ0) is 21.5. The van der Waals surface area contributed by atoms with Gasteiger partial charge in [-0.25, -0.2) is 0 Å². The number of hydrogen-bond donors (Lipinski definition) is 3. The summed E-state index contributed by atoms with van der Waals surface area (Å²) in [6.07, 6.45) is 2.95. The van der Waals surface area contributed by atoms with Gasteiger partial charge in [0, 0.05) is 34.1 Å². The molecule has 0 unspecified atom stereocenters. The van der Waals surface area contributed by atoms with E-state index in [1.54, 1.807) is 17.8 Å². The number of thioether (sulfide) groups is 1. The van der Waals surface area contributed by atoms with Crippen molar-refractivity contribution in [3.8, 4) is 11.5 Å². The lowest BCUT2D eigenvalue weighted by molar-refractivity contribution is -0.121. The van der Waals surface area contributed by atoms with Crippen LogP contribution in [0.4, 0.5) is 0 Å². The minimum Gasteiger partial charge on any atom is -0.504 e. The number of methoxy groups -OCH3 is 1. The van der Waals surface area contributed by atoms with Crippen LogP contribution in [0.5, 0.6) is 11.5 Å². The van der Waals surface area contributed by atoms with Crippen LogP contribution in [0.25, 0.3) is 0 Å². The molecule has 0 heterocycles. The van der Waals surface area contributed by atoms with Crippen LogP contribution in [0.15, 0.2) is 53.1 Å². The second kappa shape index (κ2) is 8.00. The molecule has 30 heavy (non-hydrogen) atoms. The van der Waals surface area contributed by atoms with Gasteiger partial charge in [0.25, 0.3) is 0 Å². The monoisotopic (exact) mass is 425 g/mol. The molecule has 4 rings (SSSR count). The third-order valence-electron chi connectivity index (χ3n) is 6.29. The number of carbonyl (C=O) groups excluding carboxylic acids is 1. The SMILES string of the molecule is CNC[C@@]12CC(=O)C(OC)=C[C@@H]1C[C@H](Sc1cccc(C)c1)c1ccc(O)c(O)c12. The maximum Gasteiger partial charge on any atom is 0.197 e. The molecule has 0 fully saturated rings. The molecule has 6 heteroatoms. The van der Waals surface area contributed by atoms with Crippen molar-refractivity contribution in [1.82, 2.24) is 5.32 Å². The van der Waals surface area contributed by atoms with Crippen LogP contribution in [0, 0.1) is 12.8 Å². The number of rotatable bonds is 5. The molecule has 0 radical (unpaired) electrons. The number of nitrogens with one attached hydrogen (secondary N) is 1. The Kier molecular flexibility index (Phi) is 5.55. The highest BCUT2D eigenvalue weighted by molar-refractivity contribution is 7.99. The minimum atomic E-state index is -0.629. The molecule has 5 nitrogen and oxygen atoms in total. The van der Waals surface area contributed by atoms with Crippen molar-refractivity contribution in [2.45, 2.75) is 35.3 Å². The van der Waals surface area contributed by atoms with E-state index in [9.17, 15) is 15.0 Å². The molecule has 3 atom stereocenters. The van der Waals surface area contributed by atoms with Gasteiger partial charge in [0.05, 0.1) is 7.11 Å². The fourth-order valence-electron chi connectivity index (χ4n) is 5.00. The molecule has 0 aromatic heterocycles. The van der Waals surface area contributed by atoms with E-state index in [-0.39, 0.29) is 34.9 Å². The highest BCUT2D eigenvalue weighted by Gasteiger charge is 2.52. The van der Waals surface area contributed by atoms with E-state index in [2.05, 4.69) is 30.4 Å². The first-order chi connectivity index (χ1) is 14.4. The maximum absolute atomic E-state index is 12.8. The topological polar surface area (TPSA) is 78.8 Å². The summed E-state index contributed by atoms with van der Waals surface area (Å²) in [7, 11) is 3.37. The van der Waals surface area contributed by atoms with E-state index in [0.29, 0.717) is 17.9 Å².